The number of hydrogen-bond donors (Lipinski definition) is 3. The Kier molecular flexibility index (Phi) is 7.62. The highest BCUT2D eigenvalue weighted by atomic mass is 19.1. The van der Waals surface area contributed by atoms with Crippen LogP contribution in [0.15, 0.2) is 47.0 Å². The number of benzene rings is 2. The zero-order valence-electron chi connectivity index (χ0n) is 19.2. The zero-order valence-corrected chi connectivity index (χ0v) is 19.2. The van der Waals surface area contributed by atoms with Crippen LogP contribution >= 0.6 is 0 Å². The molecule has 0 aliphatic carbocycles. The van der Waals surface area contributed by atoms with Gasteiger partial charge in [-0.2, -0.15) is 4.98 Å². The number of carbonyl (C=O) groups is 2. The lowest BCUT2D eigenvalue weighted by Crippen LogP contribution is -2.29. The molecule has 0 radical (unpaired) electrons. The third kappa shape index (κ3) is 6.85. The van der Waals surface area contributed by atoms with Gasteiger partial charge in [-0.1, -0.05) is 11.2 Å². The Bertz CT molecular complexity index is 1150. The second-order valence-electron chi connectivity index (χ2n) is 8.78. The van der Waals surface area contributed by atoms with Crippen molar-refractivity contribution in [2.75, 3.05) is 5.32 Å². The predicted molar refractivity (Wildman–Crippen MR) is 124 cm³/mol. The molecule has 10 heteroatoms. The molecular weight excluding hydrogens is 443 g/mol. The predicted octanol–water partition coefficient (Wildman–Crippen LogP) is 4.62. The highest BCUT2D eigenvalue weighted by molar-refractivity contribution is 5.85. The van der Waals surface area contributed by atoms with Crippen LogP contribution in [0.4, 0.5) is 14.9 Å². The number of anilines is 1. The van der Waals surface area contributed by atoms with Crippen molar-refractivity contribution < 1.29 is 28.3 Å². The van der Waals surface area contributed by atoms with Crippen molar-refractivity contribution in [3.63, 3.8) is 0 Å². The maximum Gasteiger partial charge on any atom is 0.412 e. The third-order valence-corrected chi connectivity index (χ3v) is 4.78. The molecule has 180 valence electrons. The summed E-state index contributed by atoms with van der Waals surface area (Å²) in [6.07, 6.45) is 0.763. The smallest absolute Gasteiger partial charge is 0.412 e. The monoisotopic (exact) mass is 470 g/mol. The molecular formula is C24H27FN4O5. The number of nitrogens with two attached hydrogens (primary N) is 1. The van der Waals surface area contributed by atoms with Gasteiger partial charge in [0, 0.05) is 11.3 Å². The van der Waals surface area contributed by atoms with Crippen molar-refractivity contribution in [2.45, 2.75) is 51.7 Å². The summed E-state index contributed by atoms with van der Waals surface area (Å²) < 4.78 is 25.2. The van der Waals surface area contributed by atoms with E-state index >= 15 is 0 Å². The number of carboxylic acids is 1. The number of nitrogens with one attached hydrogen (secondary N) is 1. The molecule has 1 atom stereocenters. The highest BCUT2D eigenvalue weighted by Gasteiger charge is 2.18. The Balaban J connectivity index is 1.64. The van der Waals surface area contributed by atoms with Crippen molar-refractivity contribution in [1.29, 1.82) is 0 Å². The highest BCUT2D eigenvalue weighted by Crippen LogP contribution is 2.26. The molecule has 34 heavy (non-hydrogen) atoms. The number of carbonyl (C=O) groups excluding carboxylic acids is 1. The Labute approximate surface area is 196 Å². The van der Waals surface area contributed by atoms with Crippen LogP contribution < -0.4 is 11.1 Å². The lowest BCUT2D eigenvalue weighted by molar-refractivity contribution is -0.138. The molecule has 4 N–H and O–H groups in total. The molecule has 0 saturated heterocycles. The molecule has 3 aromatic rings. The number of ether oxygens (including phenoxy) is 1. The van der Waals surface area contributed by atoms with Crippen LogP contribution in [0, 0.1) is 5.82 Å². The van der Waals surface area contributed by atoms with E-state index in [4.69, 9.17) is 20.1 Å². The van der Waals surface area contributed by atoms with Gasteiger partial charge in [0.25, 0.3) is 5.89 Å². The van der Waals surface area contributed by atoms with Crippen molar-refractivity contribution in [3.05, 3.63) is 53.8 Å². The van der Waals surface area contributed by atoms with Gasteiger partial charge in [-0.3, -0.25) is 10.1 Å². The van der Waals surface area contributed by atoms with Gasteiger partial charge in [-0.05, 0) is 82.0 Å². The first-order chi connectivity index (χ1) is 16.0. The largest absolute Gasteiger partial charge is 0.480 e. The first-order valence-corrected chi connectivity index (χ1v) is 10.7. The number of rotatable bonds is 8. The molecule has 1 heterocycles. The molecule has 0 aliphatic rings. The van der Waals surface area contributed by atoms with Crippen molar-refractivity contribution in [1.82, 2.24) is 10.1 Å². The van der Waals surface area contributed by atoms with Gasteiger partial charge < -0.3 is 20.1 Å². The van der Waals surface area contributed by atoms with Crippen LogP contribution in [-0.4, -0.2) is 39.0 Å². The summed E-state index contributed by atoms with van der Waals surface area (Å²) in [5.74, 6) is -1.26. The standard InChI is InChI=1S/C24H27FN4O5/c1-24(2,3)33-23(32)27-16-10-8-15(9-11-16)21-28-20(29-34-21)17-12-7-14(13-18(17)25)5-4-6-19(26)22(30)31/h7-13,19H,4-6,26H2,1-3H3,(H,27,32)(H,30,31). The second kappa shape index (κ2) is 10.4. The number of aromatic nitrogens is 2. The van der Waals surface area contributed by atoms with E-state index in [0.29, 0.717) is 30.5 Å². The van der Waals surface area contributed by atoms with Crippen LogP contribution in [0.2, 0.25) is 0 Å². The molecule has 0 saturated carbocycles. The zero-order chi connectivity index (χ0) is 24.9. The number of halogens is 1. The normalized spacial score (nSPS) is 12.3. The Hall–Kier alpha value is -3.79. The molecule has 2 aromatic carbocycles. The van der Waals surface area contributed by atoms with Crippen LogP contribution in [0.3, 0.4) is 0 Å². The summed E-state index contributed by atoms with van der Waals surface area (Å²) in [6.45, 7) is 5.33. The number of carboxylic acid groups (broad SMARTS) is 1. The van der Waals surface area contributed by atoms with Crippen molar-refractivity contribution in [2.24, 2.45) is 5.73 Å². The first kappa shape index (κ1) is 24.8. The number of hydrogen-bond acceptors (Lipinski definition) is 7. The molecule has 1 unspecified atom stereocenters. The molecule has 3 rings (SSSR count). The van der Waals surface area contributed by atoms with E-state index < -0.39 is 29.5 Å². The topological polar surface area (TPSA) is 141 Å². The quantitative estimate of drug-likeness (QED) is 0.433. The Morgan fingerprint density at radius 3 is 2.53 bits per heavy atom. The van der Waals surface area contributed by atoms with Crippen molar-refractivity contribution in [3.8, 4) is 22.8 Å². The minimum atomic E-state index is -1.05. The maximum atomic E-state index is 14.7. The lowest BCUT2D eigenvalue weighted by atomic mass is 10.0. The van der Waals surface area contributed by atoms with E-state index in [-0.39, 0.29) is 17.3 Å². The second-order valence-corrected chi connectivity index (χ2v) is 8.78. The van der Waals surface area contributed by atoms with E-state index in [0.717, 1.165) is 5.56 Å². The van der Waals surface area contributed by atoms with Gasteiger partial charge in [-0.25, -0.2) is 9.18 Å². The average Bonchev–Trinajstić information content (AvgIpc) is 3.22. The molecule has 1 aromatic heterocycles. The minimum absolute atomic E-state index is 0.0999. The summed E-state index contributed by atoms with van der Waals surface area (Å²) in [4.78, 5) is 26.9. The number of amides is 1. The van der Waals surface area contributed by atoms with Crippen LogP contribution in [0.25, 0.3) is 22.8 Å². The van der Waals surface area contributed by atoms with Gasteiger partial charge in [0.2, 0.25) is 5.82 Å². The molecule has 1 amide bonds. The summed E-state index contributed by atoms with van der Waals surface area (Å²) >= 11 is 0. The minimum Gasteiger partial charge on any atom is -0.480 e. The summed E-state index contributed by atoms with van der Waals surface area (Å²) in [6, 6.07) is 10.4. The fraction of sp³-hybridized carbons (Fsp3) is 0.333. The number of aliphatic carboxylic acids is 1. The number of aryl methyl sites for hydroxylation is 1. The maximum absolute atomic E-state index is 14.7. The number of nitrogens with zero attached hydrogens (tertiary/aromatic N) is 2. The van der Waals surface area contributed by atoms with Gasteiger partial charge in [0.1, 0.15) is 17.5 Å². The fourth-order valence-electron chi connectivity index (χ4n) is 3.11. The molecule has 0 aliphatic heterocycles. The van der Waals surface area contributed by atoms with Gasteiger partial charge in [0.15, 0.2) is 0 Å². The van der Waals surface area contributed by atoms with Gasteiger partial charge >= 0.3 is 12.1 Å². The summed E-state index contributed by atoms with van der Waals surface area (Å²) in [5, 5.41) is 15.3. The van der Waals surface area contributed by atoms with E-state index in [2.05, 4.69) is 15.5 Å². The van der Waals surface area contributed by atoms with Crippen molar-refractivity contribution >= 4 is 17.7 Å². The van der Waals surface area contributed by atoms with E-state index in [1.165, 1.54) is 6.07 Å². The van der Waals surface area contributed by atoms with Gasteiger partial charge in [0.05, 0.1) is 5.56 Å². The summed E-state index contributed by atoms with van der Waals surface area (Å²) in [7, 11) is 0. The molecule has 0 fully saturated rings. The molecule has 0 spiro atoms. The SMILES string of the molecule is CC(C)(C)OC(=O)Nc1ccc(-c2nc(-c3ccc(CCCC(N)C(=O)O)cc3F)no2)cc1. The third-order valence-electron chi connectivity index (χ3n) is 4.78. The van der Waals surface area contributed by atoms with Gasteiger partial charge in [-0.15, -0.1) is 0 Å². The Morgan fingerprint density at radius 2 is 1.91 bits per heavy atom. The molecule has 0 bridgehead atoms. The lowest BCUT2D eigenvalue weighted by Gasteiger charge is -2.19. The van der Waals surface area contributed by atoms with Crippen LogP contribution in [-0.2, 0) is 16.0 Å². The van der Waals surface area contributed by atoms with E-state index in [1.807, 2.05) is 0 Å². The summed E-state index contributed by atoms with van der Waals surface area (Å²) in [5.41, 5.74) is 6.91. The molecule has 9 nitrogen and oxygen atoms in total. The van der Waals surface area contributed by atoms with E-state index in [1.54, 1.807) is 57.2 Å². The Morgan fingerprint density at radius 1 is 1.21 bits per heavy atom. The van der Waals surface area contributed by atoms with Crippen LogP contribution in [0.5, 0.6) is 0 Å². The van der Waals surface area contributed by atoms with Crippen LogP contribution in [0.1, 0.15) is 39.2 Å². The average molecular weight is 471 g/mol. The van der Waals surface area contributed by atoms with E-state index in [9.17, 15) is 14.0 Å². The fourth-order valence-corrected chi connectivity index (χ4v) is 3.11. The first-order valence-electron chi connectivity index (χ1n) is 10.7.